The van der Waals surface area contributed by atoms with Crippen molar-refractivity contribution in [2.24, 2.45) is 0 Å². The smallest absolute Gasteiger partial charge is 0.0624 e. The molecule has 2 saturated carbocycles. The van der Waals surface area contributed by atoms with Gasteiger partial charge in [-0.25, -0.2) is 0 Å². The standard InChI is InChI=1S/C12H23OPS/c15-14(12-9-5-2-6-10-12)13-11-7-3-1-4-8-11/h11-12,14H,1-10H2. The summed E-state index contributed by atoms with van der Waals surface area (Å²) in [5, 5.41) is 0. The Bertz CT molecular complexity index is 208. The molecule has 0 heterocycles. The third-order valence-electron chi connectivity index (χ3n) is 3.77. The van der Waals surface area contributed by atoms with Crippen molar-refractivity contribution in [3.05, 3.63) is 0 Å². The summed E-state index contributed by atoms with van der Waals surface area (Å²) < 4.78 is 6.15. The Hall–Kier alpha value is 0.610. The molecule has 1 atom stereocenters. The van der Waals surface area contributed by atoms with E-state index in [1.165, 1.54) is 64.2 Å². The van der Waals surface area contributed by atoms with Gasteiger partial charge in [0.1, 0.15) is 0 Å². The zero-order valence-corrected chi connectivity index (χ0v) is 11.4. The average Bonchev–Trinajstić information content (AvgIpc) is 2.31. The Balaban J connectivity index is 1.74. The zero-order valence-electron chi connectivity index (χ0n) is 9.54. The van der Waals surface area contributed by atoms with Gasteiger partial charge in [-0.2, -0.15) is 0 Å². The summed E-state index contributed by atoms with van der Waals surface area (Å²) in [6, 6.07) is 0. The van der Waals surface area contributed by atoms with Gasteiger partial charge >= 0.3 is 0 Å². The van der Waals surface area contributed by atoms with Gasteiger partial charge in [0.05, 0.1) is 13.0 Å². The molecule has 0 aromatic carbocycles. The van der Waals surface area contributed by atoms with Gasteiger partial charge in [0, 0.05) is 5.66 Å². The Labute approximate surface area is 99.5 Å². The molecule has 0 bridgehead atoms. The third-order valence-corrected chi connectivity index (χ3v) is 6.87. The van der Waals surface area contributed by atoms with Crippen LogP contribution in [-0.2, 0) is 16.3 Å². The second kappa shape index (κ2) is 6.37. The van der Waals surface area contributed by atoms with Crippen LogP contribution in [0.2, 0.25) is 0 Å². The molecule has 0 saturated heterocycles. The van der Waals surface area contributed by atoms with Crippen LogP contribution < -0.4 is 0 Å². The van der Waals surface area contributed by atoms with E-state index in [2.05, 4.69) is 0 Å². The van der Waals surface area contributed by atoms with Crippen LogP contribution in [-0.4, -0.2) is 11.8 Å². The van der Waals surface area contributed by atoms with Crippen LogP contribution in [0.1, 0.15) is 64.2 Å². The molecule has 1 nitrogen and oxygen atoms in total. The highest BCUT2D eigenvalue weighted by atomic mass is 32.4. The molecule has 2 fully saturated rings. The largest absolute Gasteiger partial charge is 0.350 e. The number of hydrogen-bond acceptors (Lipinski definition) is 2. The normalized spacial score (nSPS) is 27.7. The molecular formula is C12H23OPS. The van der Waals surface area contributed by atoms with Crippen molar-refractivity contribution in [1.29, 1.82) is 0 Å². The third kappa shape index (κ3) is 3.84. The van der Waals surface area contributed by atoms with Gasteiger partial charge in [-0.05, 0) is 25.7 Å². The fraction of sp³-hybridized carbons (Fsp3) is 1.00. The molecule has 2 rings (SSSR count). The first-order valence-corrected chi connectivity index (χ1v) is 9.18. The molecule has 0 N–H and O–H groups in total. The Morgan fingerprint density at radius 1 is 0.800 bits per heavy atom. The lowest BCUT2D eigenvalue weighted by atomic mass is 9.98. The summed E-state index contributed by atoms with van der Waals surface area (Å²) in [5.74, 6) is 0. The van der Waals surface area contributed by atoms with E-state index >= 15 is 0 Å². The van der Waals surface area contributed by atoms with Crippen LogP contribution in [0, 0.1) is 0 Å². The second-order valence-corrected chi connectivity index (χ2v) is 7.93. The summed E-state index contributed by atoms with van der Waals surface area (Å²) >= 11 is 5.62. The van der Waals surface area contributed by atoms with Crippen molar-refractivity contribution in [3.8, 4) is 0 Å². The SMILES string of the molecule is S=[PH](OC1CCCCC1)C1CCCCC1. The molecule has 0 aromatic rings. The fourth-order valence-electron chi connectivity index (χ4n) is 2.78. The van der Waals surface area contributed by atoms with Crippen molar-refractivity contribution in [2.75, 3.05) is 0 Å². The minimum absolute atomic E-state index is 0.534. The van der Waals surface area contributed by atoms with Gasteiger partial charge in [0.25, 0.3) is 0 Å². The topological polar surface area (TPSA) is 9.23 Å². The Morgan fingerprint density at radius 3 is 1.93 bits per heavy atom. The van der Waals surface area contributed by atoms with E-state index in [4.69, 9.17) is 16.3 Å². The lowest BCUT2D eigenvalue weighted by molar-refractivity contribution is 0.174. The van der Waals surface area contributed by atoms with Crippen LogP contribution in [0.15, 0.2) is 0 Å². The van der Waals surface area contributed by atoms with Crippen molar-refractivity contribution in [1.82, 2.24) is 0 Å². The van der Waals surface area contributed by atoms with E-state index in [9.17, 15) is 0 Å². The molecule has 0 aromatic heterocycles. The molecule has 1 unspecified atom stereocenters. The first-order valence-electron chi connectivity index (χ1n) is 6.57. The highest BCUT2D eigenvalue weighted by Gasteiger charge is 2.21. The maximum absolute atomic E-state index is 6.15. The van der Waals surface area contributed by atoms with Crippen LogP contribution in [0.3, 0.4) is 0 Å². The minimum atomic E-state index is -0.906. The van der Waals surface area contributed by atoms with Crippen molar-refractivity contribution in [3.63, 3.8) is 0 Å². The van der Waals surface area contributed by atoms with E-state index in [0.29, 0.717) is 6.10 Å². The molecular weight excluding hydrogens is 223 g/mol. The molecule has 2 aliphatic rings. The van der Waals surface area contributed by atoms with E-state index in [0.717, 1.165) is 5.66 Å². The molecule has 0 spiro atoms. The summed E-state index contributed by atoms with van der Waals surface area (Å²) in [5.41, 5.74) is 0.778. The lowest BCUT2D eigenvalue weighted by Gasteiger charge is -2.28. The van der Waals surface area contributed by atoms with E-state index in [1.807, 2.05) is 0 Å². The number of hydrogen-bond donors (Lipinski definition) is 0. The first kappa shape index (κ1) is 12.1. The molecule has 15 heavy (non-hydrogen) atoms. The number of rotatable bonds is 3. The average molecular weight is 246 g/mol. The molecule has 3 heteroatoms. The quantitative estimate of drug-likeness (QED) is 0.688. The predicted octanol–water partition coefficient (Wildman–Crippen LogP) is 4.26. The van der Waals surface area contributed by atoms with Gasteiger partial charge in [-0.3, -0.25) is 0 Å². The van der Waals surface area contributed by atoms with Gasteiger partial charge in [-0.15, -0.1) is 0 Å². The van der Waals surface area contributed by atoms with Crippen LogP contribution in [0.5, 0.6) is 0 Å². The van der Waals surface area contributed by atoms with Crippen molar-refractivity contribution in [2.45, 2.75) is 76.0 Å². The highest BCUT2D eigenvalue weighted by Crippen LogP contribution is 2.42. The lowest BCUT2D eigenvalue weighted by Crippen LogP contribution is -2.16. The summed E-state index contributed by atoms with van der Waals surface area (Å²) in [6.07, 6.45) is 14.1. The van der Waals surface area contributed by atoms with Crippen molar-refractivity contribution >= 4 is 18.7 Å². The molecule has 2 aliphatic carbocycles. The molecule has 0 amide bonds. The molecule has 0 radical (unpaired) electrons. The highest BCUT2D eigenvalue weighted by molar-refractivity contribution is 8.03. The Kier molecular flexibility index (Phi) is 5.13. The fourth-order valence-corrected chi connectivity index (χ4v) is 5.53. The molecule has 0 aliphatic heterocycles. The second-order valence-electron chi connectivity index (χ2n) is 5.03. The van der Waals surface area contributed by atoms with Gasteiger partial charge in [0.2, 0.25) is 0 Å². The Morgan fingerprint density at radius 2 is 1.33 bits per heavy atom. The van der Waals surface area contributed by atoms with Crippen LogP contribution >= 0.6 is 6.92 Å². The maximum Gasteiger partial charge on any atom is 0.0624 e. The van der Waals surface area contributed by atoms with E-state index < -0.39 is 6.92 Å². The zero-order chi connectivity index (χ0) is 10.5. The summed E-state index contributed by atoms with van der Waals surface area (Å²) in [7, 11) is 0. The monoisotopic (exact) mass is 246 g/mol. The maximum atomic E-state index is 6.15. The van der Waals surface area contributed by atoms with Gasteiger partial charge < -0.3 is 4.52 Å². The summed E-state index contributed by atoms with van der Waals surface area (Å²) in [6.45, 7) is -0.906. The minimum Gasteiger partial charge on any atom is -0.350 e. The molecule has 88 valence electrons. The first-order chi connectivity index (χ1) is 7.36. The van der Waals surface area contributed by atoms with Gasteiger partial charge in [0.15, 0.2) is 0 Å². The van der Waals surface area contributed by atoms with Crippen LogP contribution in [0.25, 0.3) is 0 Å². The van der Waals surface area contributed by atoms with E-state index in [1.54, 1.807) is 0 Å². The van der Waals surface area contributed by atoms with E-state index in [-0.39, 0.29) is 0 Å². The summed E-state index contributed by atoms with van der Waals surface area (Å²) in [4.78, 5) is 0. The van der Waals surface area contributed by atoms with Crippen molar-refractivity contribution < 1.29 is 4.52 Å². The van der Waals surface area contributed by atoms with Gasteiger partial charge in [-0.1, -0.05) is 50.3 Å². The predicted molar refractivity (Wildman–Crippen MR) is 70.5 cm³/mol. The van der Waals surface area contributed by atoms with Crippen LogP contribution in [0.4, 0.5) is 0 Å².